The molecule has 0 amide bonds. The quantitative estimate of drug-likeness (QED) is 0.554. The lowest BCUT2D eigenvalue weighted by Crippen LogP contribution is -2.49. The molecule has 2 aliphatic heterocycles. The van der Waals surface area contributed by atoms with Crippen LogP contribution in [0.15, 0.2) is 0 Å². The van der Waals surface area contributed by atoms with E-state index in [4.69, 9.17) is 5.11 Å². The lowest BCUT2D eigenvalue weighted by Gasteiger charge is -2.37. The van der Waals surface area contributed by atoms with Crippen LogP contribution in [0.2, 0.25) is 0 Å². The summed E-state index contributed by atoms with van der Waals surface area (Å²) in [6.07, 6.45) is 2.83. The van der Waals surface area contributed by atoms with Gasteiger partial charge in [-0.2, -0.15) is 0 Å². The third-order valence-electron chi connectivity index (χ3n) is 3.59. The summed E-state index contributed by atoms with van der Waals surface area (Å²) in [5.74, 6) is 0. The van der Waals surface area contributed by atoms with Gasteiger partial charge in [0.2, 0.25) is 0 Å². The minimum absolute atomic E-state index is 0.109. The molecule has 0 bridgehead atoms. The summed E-state index contributed by atoms with van der Waals surface area (Å²) in [5, 5.41) is 28.0. The van der Waals surface area contributed by atoms with Gasteiger partial charge in [0.05, 0.1) is 18.8 Å². The van der Waals surface area contributed by atoms with Gasteiger partial charge in [0, 0.05) is 18.6 Å². The highest BCUT2D eigenvalue weighted by Crippen LogP contribution is 2.32. The molecule has 0 aromatic heterocycles. The van der Waals surface area contributed by atoms with Gasteiger partial charge in [-0.1, -0.05) is 0 Å². The van der Waals surface area contributed by atoms with E-state index < -0.39 is 6.10 Å². The zero-order chi connectivity index (χ0) is 10.1. The van der Waals surface area contributed by atoms with Crippen molar-refractivity contribution in [1.82, 2.24) is 4.90 Å². The van der Waals surface area contributed by atoms with Gasteiger partial charge in [-0.05, 0) is 25.7 Å². The van der Waals surface area contributed by atoms with Crippen LogP contribution in [0.1, 0.15) is 25.7 Å². The smallest absolute Gasteiger partial charge is 0.0925 e. The number of aliphatic hydroxyl groups excluding tert-OH is 3. The predicted octanol–water partition coefficient (Wildman–Crippen LogP) is -0.673. The van der Waals surface area contributed by atoms with Crippen molar-refractivity contribution >= 4 is 0 Å². The molecule has 2 fully saturated rings. The van der Waals surface area contributed by atoms with Gasteiger partial charge in [0.25, 0.3) is 0 Å². The van der Waals surface area contributed by atoms with Gasteiger partial charge in [-0.15, -0.1) is 0 Å². The fraction of sp³-hybridized carbons (Fsp3) is 1.00. The third-order valence-corrected chi connectivity index (χ3v) is 3.59. The second-order valence-corrected chi connectivity index (χ2v) is 4.46. The molecule has 0 saturated carbocycles. The molecule has 4 nitrogen and oxygen atoms in total. The first-order chi connectivity index (χ1) is 6.72. The number of piperidine rings is 1. The molecule has 2 rings (SSSR count). The van der Waals surface area contributed by atoms with E-state index in [1.165, 1.54) is 0 Å². The maximum absolute atomic E-state index is 9.61. The Kier molecular flexibility index (Phi) is 3.07. The van der Waals surface area contributed by atoms with E-state index in [2.05, 4.69) is 4.90 Å². The fourth-order valence-electron chi connectivity index (χ4n) is 2.83. The zero-order valence-corrected chi connectivity index (χ0v) is 8.34. The summed E-state index contributed by atoms with van der Waals surface area (Å²) in [6, 6.07) is 0.530. The van der Waals surface area contributed by atoms with Crippen molar-refractivity contribution in [1.29, 1.82) is 0 Å². The second-order valence-electron chi connectivity index (χ2n) is 4.46. The molecule has 2 saturated heterocycles. The van der Waals surface area contributed by atoms with Gasteiger partial charge in [-0.3, -0.25) is 4.90 Å². The topological polar surface area (TPSA) is 63.9 Å². The molecule has 82 valence electrons. The van der Waals surface area contributed by atoms with E-state index in [0.29, 0.717) is 6.04 Å². The van der Waals surface area contributed by atoms with E-state index in [-0.39, 0.29) is 18.8 Å². The predicted molar refractivity (Wildman–Crippen MR) is 51.8 cm³/mol. The van der Waals surface area contributed by atoms with Gasteiger partial charge in [0.1, 0.15) is 0 Å². The van der Waals surface area contributed by atoms with Crippen LogP contribution in [0.5, 0.6) is 0 Å². The monoisotopic (exact) mass is 201 g/mol. The first kappa shape index (κ1) is 10.4. The van der Waals surface area contributed by atoms with Gasteiger partial charge in [0.15, 0.2) is 0 Å². The van der Waals surface area contributed by atoms with E-state index >= 15 is 0 Å². The first-order valence-corrected chi connectivity index (χ1v) is 5.45. The maximum atomic E-state index is 9.61. The van der Waals surface area contributed by atoms with Crippen molar-refractivity contribution in [3.63, 3.8) is 0 Å². The Morgan fingerprint density at radius 1 is 1.29 bits per heavy atom. The Morgan fingerprint density at radius 2 is 2.07 bits per heavy atom. The van der Waals surface area contributed by atoms with Crippen molar-refractivity contribution < 1.29 is 15.3 Å². The van der Waals surface area contributed by atoms with Crippen molar-refractivity contribution in [2.75, 3.05) is 13.2 Å². The van der Waals surface area contributed by atoms with Crippen LogP contribution < -0.4 is 0 Å². The highest BCUT2D eigenvalue weighted by Gasteiger charge is 2.40. The van der Waals surface area contributed by atoms with Crippen LogP contribution >= 0.6 is 0 Å². The zero-order valence-electron chi connectivity index (χ0n) is 8.34. The highest BCUT2D eigenvalue weighted by atomic mass is 16.3. The maximum Gasteiger partial charge on any atom is 0.0925 e. The van der Waals surface area contributed by atoms with Crippen LogP contribution in [0.25, 0.3) is 0 Å². The lowest BCUT2D eigenvalue weighted by atomic mass is 10.0. The number of hydrogen-bond donors (Lipinski definition) is 3. The first-order valence-electron chi connectivity index (χ1n) is 5.45. The Balaban J connectivity index is 1.98. The summed E-state index contributed by atoms with van der Waals surface area (Å²) in [6.45, 7) is 0.698. The molecule has 4 heteroatoms. The van der Waals surface area contributed by atoms with E-state index in [1.807, 2.05) is 0 Å². The van der Waals surface area contributed by atoms with E-state index in [9.17, 15) is 10.2 Å². The van der Waals surface area contributed by atoms with Crippen LogP contribution in [0, 0.1) is 0 Å². The van der Waals surface area contributed by atoms with Gasteiger partial charge >= 0.3 is 0 Å². The lowest BCUT2D eigenvalue weighted by molar-refractivity contribution is -0.0130. The van der Waals surface area contributed by atoms with Gasteiger partial charge < -0.3 is 15.3 Å². The molecule has 2 aliphatic rings. The SMILES string of the molecule is OCC(O)C1CCC2C[C@@H](O)CCN21. The standard InChI is InChI=1S/C10H19NO3/c12-6-10(14)9-2-1-7-5-8(13)3-4-11(7)9/h7-10,12-14H,1-6H2/t7?,8-,9?,10?/m0/s1. The van der Waals surface area contributed by atoms with Crippen LogP contribution in [0.4, 0.5) is 0 Å². The van der Waals surface area contributed by atoms with Crippen LogP contribution in [0.3, 0.4) is 0 Å². The largest absolute Gasteiger partial charge is 0.394 e. The van der Waals surface area contributed by atoms with Crippen molar-refractivity contribution in [2.45, 2.75) is 50.0 Å². The Bertz CT molecular complexity index is 200. The molecule has 0 spiro atoms. The summed E-state index contributed by atoms with van der Waals surface area (Å²) in [4.78, 5) is 2.26. The molecule has 0 aromatic rings. The number of fused-ring (bicyclic) bond motifs is 1. The van der Waals surface area contributed by atoms with Crippen LogP contribution in [-0.2, 0) is 0 Å². The Morgan fingerprint density at radius 3 is 2.79 bits per heavy atom. The molecule has 0 radical (unpaired) electrons. The minimum Gasteiger partial charge on any atom is -0.394 e. The molecular formula is C10H19NO3. The highest BCUT2D eigenvalue weighted by molar-refractivity contribution is 4.95. The molecular weight excluding hydrogens is 182 g/mol. The fourth-order valence-corrected chi connectivity index (χ4v) is 2.83. The average Bonchev–Trinajstić information content (AvgIpc) is 2.59. The Hall–Kier alpha value is -0.160. The molecule has 3 unspecified atom stereocenters. The number of nitrogens with zero attached hydrogens (tertiary/aromatic N) is 1. The van der Waals surface area contributed by atoms with Crippen molar-refractivity contribution in [3.05, 3.63) is 0 Å². The second kappa shape index (κ2) is 4.14. The Labute approximate surface area is 84.2 Å². The molecule has 0 aliphatic carbocycles. The minimum atomic E-state index is -0.616. The van der Waals surface area contributed by atoms with Gasteiger partial charge in [-0.25, -0.2) is 0 Å². The number of aliphatic hydroxyl groups is 3. The number of rotatable bonds is 2. The molecule has 14 heavy (non-hydrogen) atoms. The molecule has 0 aromatic carbocycles. The van der Waals surface area contributed by atoms with E-state index in [1.54, 1.807) is 0 Å². The summed E-state index contributed by atoms with van der Waals surface area (Å²) >= 11 is 0. The molecule has 2 heterocycles. The summed E-state index contributed by atoms with van der Waals surface area (Å²) in [5.41, 5.74) is 0. The molecule has 4 atom stereocenters. The van der Waals surface area contributed by atoms with Crippen molar-refractivity contribution in [2.24, 2.45) is 0 Å². The number of hydrogen-bond acceptors (Lipinski definition) is 4. The normalized spacial score (nSPS) is 40.9. The molecule has 3 N–H and O–H groups in total. The summed E-state index contributed by atoms with van der Waals surface area (Å²) in [7, 11) is 0. The van der Waals surface area contributed by atoms with Crippen LogP contribution in [-0.4, -0.2) is 57.7 Å². The van der Waals surface area contributed by atoms with Crippen molar-refractivity contribution in [3.8, 4) is 0 Å². The average molecular weight is 201 g/mol. The summed E-state index contributed by atoms with van der Waals surface area (Å²) < 4.78 is 0. The van der Waals surface area contributed by atoms with E-state index in [0.717, 1.165) is 32.2 Å². The third kappa shape index (κ3) is 1.80.